The Morgan fingerprint density at radius 1 is 1.38 bits per heavy atom. The minimum atomic E-state index is -0.177. The number of benzene rings is 1. The van der Waals surface area contributed by atoms with E-state index in [2.05, 4.69) is 17.2 Å². The van der Waals surface area contributed by atoms with Gasteiger partial charge in [0.25, 0.3) is 5.91 Å². The van der Waals surface area contributed by atoms with Gasteiger partial charge in [-0.15, -0.1) is 11.3 Å². The van der Waals surface area contributed by atoms with Crippen molar-refractivity contribution >= 4 is 17.2 Å². The molecule has 1 unspecified atom stereocenters. The summed E-state index contributed by atoms with van der Waals surface area (Å²) in [7, 11) is 0. The Balaban J connectivity index is 2.10. The van der Waals surface area contributed by atoms with Crippen LogP contribution in [0, 0.1) is 18.8 Å². The number of hydrogen-bond acceptors (Lipinski definition) is 3. The highest BCUT2D eigenvalue weighted by atomic mass is 32.1. The van der Waals surface area contributed by atoms with E-state index in [1.54, 1.807) is 0 Å². The molecule has 0 radical (unpaired) electrons. The van der Waals surface area contributed by atoms with Crippen molar-refractivity contribution in [3.63, 3.8) is 0 Å². The van der Waals surface area contributed by atoms with Gasteiger partial charge in [-0.25, -0.2) is 0 Å². The second-order valence-corrected chi connectivity index (χ2v) is 5.74. The van der Waals surface area contributed by atoms with Gasteiger partial charge in [0, 0.05) is 0 Å². The molecule has 1 aromatic heterocycles. The number of aliphatic hydroxyl groups is 1. The van der Waals surface area contributed by atoms with Crippen LogP contribution in [0.15, 0.2) is 36.4 Å². The lowest BCUT2D eigenvalue weighted by atomic mass is 10.1. The number of aliphatic hydroxyl groups excluding tert-OH is 1. The molecule has 108 valence electrons. The number of rotatable bonds is 3. The van der Waals surface area contributed by atoms with Crippen molar-refractivity contribution in [3.05, 3.63) is 57.3 Å². The lowest BCUT2D eigenvalue weighted by Gasteiger charge is -2.13. The van der Waals surface area contributed by atoms with Crippen molar-refractivity contribution in [2.75, 3.05) is 6.61 Å². The molecule has 0 fully saturated rings. The second-order valence-electron chi connectivity index (χ2n) is 4.69. The molecule has 3 nitrogen and oxygen atoms in total. The molecular weight excluding hydrogens is 282 g/mol. The topological polar surface area (TPSA) is 49.3 Å². The fourth-order valence-corrected chi connectivity index (χ4v) is 2.88. The van der Waals surface area contributed by atoms with Crippen LogP contribution in [-0.4, -0.2) is 17.6 Å². The lowest BCUT2D eigenvalue weighted by molar-refractivity contribution is 0.0944. The van der Waals surface area contributed by atoms with Crippen LogP contribution in [0.2, 0.25) is 0 Å². The molecule has 1 heterocycles. The van der Waals surface area contributed by atoms with Crippen LogP contribution < -0.4 is 5.32 Å². The first-order valence-electron chi connectivity index (χ1n) is 6.67. The van der Waals surface area contributed by atoms with Crippen molar-refractivity contribution < 1.29 is 9.90 Å². The summed E-state index contributed by atoms with van der Waals surface area (Å²) in [5.41, 5.74) is 2.03. The van der Waals surface area contributed by atoms with E-state index in [-0.39, 0.29) is 18.6 Å². The number of amides is 1. The minimum Gasteiger partial charge on any atom is -0.384 e. The van der Waals surface area contributed by atoms with Crippen molar-refractivity contribution in [2.45, 2.75) is 19.9 Å². The summed E-state index contributed by atoms with van der Waals surface area (Å²) in [4.78, 5) is 13.7. The van der Waals surface area contributed by atoms with Gasteiger partial charge in [-0.2, -0.15) is 0 Å². The highest BCUT2D eigenvalue weighted by molar-refractivity contribution is 7.14. The smallest absolute Gasteiger partial charge is 0.261 e. The zero-order valence-corrected chi connectivity index (χ0v) is 12.8. The van der Waals surface area contributed by atoms with E-state index in [4.69, 9.17) is 5.11 Å². The van der Waals surface area contributed by atoms with Gasteiger partial charge in [-0.1, -0.05) is 42.2 Å². The van der Waals surface area contributed by atoms with Gasteiger partial charge in [0.1, 0.15) is 6.61 Å². The molecule has 1 aromatic carbocycles. The van der Waals surface area contributed by atoms with Crippen LogP contribution in [0.3, 0.4) is 0 Å². The molecule has 1 atom stereocenters. The second kappa shape index (κ2) is 7.07. The third-order valence-electron chi connectivity index (χ3n) is 3.07. The molecule has 0 aliphatic heterocycles. The van der Waals surface area contributed by atoms with E-state index in [1.165, 1.54) is 11.3 Å². The Kier molecular flexibility index (Phi) is 5.15. The maximum atomic E-state index is 12.3. The Hall–Kier alpha value is -2.09. The Labute approximate surface area is 128 Å². The Morgan fingerprint density at radius 2 is 2.10 bits per heavy atom. The lowest BCUT2D eigenvalue weighted by Crippen LogP contribution is -2.25. The number of nitrogens with one attached hydrogen (secondary N) is 1. The van der Waals surface area contributed by atoms with Crippen LogP contribution in [0.25, 0.3) is 0 Å². The molecule has 0 saturated heterocycles. The predicted octanol–water partition coefficient (Wildman–Crippen LogP) is 2.89. The highest BCUT2D eigenvalue weighted by Crippen LogP contribution is 2.22. The normalized spacial score (nSPS) is 11.4. The molecule has 1 amide bonds. The van der Waals surface area contributed by atoms with Crippen molar-refractivity contribution in [3.8, 4) is 11.8 Å². The summed E-state index contributed by atoms with van der Waals surface area (Å²) in [5, 5.41) is 11.7. The van der Waals surface area contributed by atoms with Crippen LogP contribution in [0.4, 0.5) is 0 Å². The average molecular weight is 299 g/mol. The number of aryl methyl sites for hydroxylation is 1. The number of carbonyl (C=O) groups excluding carboxylic acids is 1. The van der Waals surface area contributed by atoms with E-state index in [1.807, 2.05) is 50.2 Å². The number of carbonyl (C=O) groups is 1. The molecule has 0 spiro atoms. The van der Waals surface area contributed by atoms with Gasteiger partial charge in [-0.05, 0) is 31.0 Å². The van der Waals surface area contributed by atoms with Gasteiger partial charge < -0.3 is 10.4 Å². The zero-order chi connectivity index (χ0) is 15.2. The van der Waals surface area contributed by atoms with E-state index < -0.39 is 0 Å². The van der Waals surface area contributed by atoms with E-state index in [0.29, 0.717) is 4.88 Å². The monoisotopic (exact) mass is 299 g/mol. The first kappa shape index (κ1) is 15.3. The standard InChI is InChI=1S/C17H17NO2S/c1-12-11-16(21-15(12)9-6-10-19)17(20)18-13(2)14-7-4-3-5-8-14/h3-5,7-8,11,13,19H,10H2,1-2H3,(H,18,20). The molecule has 0 saturated carbocycles. The molecular formula is C17H17NO2S. The van der Waals surface area contributed by atoms with Crippen LogP contribution in [0.5, 0.6) is 0 Å². The molecule has 0 aliphatic rings. The van der Waals surface area contributed by atoms with E-state index >= 15 is 0 Å². The summed E-state index contributed by atoms with van der Waals surface area (Å²) >= 11 is 1.35. The van der Waals surface area contributed by atoms with E-state index in [9.17, 15) is 4.79 Å². The summed E-state index contributed by atoms with van der Waals surface area (Å²) < 4.78 is 0. The van der Waals surface area contributed by atoms with Crippen LogP contribution in [-0.2, 0) is 0 Å². The minimum absolute atomic E-state index is 0.0481. The largest absolute Gasteiger partial charge is 0.384 e. The van der Waals surface area contributed by atoms with Gasteiger partial charge in [0.05, 0.1) is 15.8 Å². The zero-order valence-electron chi connectivity index (χ0n) is 12.0. The first-order valence-corrected chi connectivity index (χ1v) is 7.49. The third-order valence-corrected chi connectivity index (χ3v) is 4.22. The summed E-state index contributed by atoms with van der Waals surface area (Å²) in [6.07, 6.45) is 0. The Morgan fingerprint density at radius 3 is 2.76 bits per heavy atom. The maximum Gasteiger partial charge on any atom is 0.261 e. The average Bonchev–Trinajstić information content (AvgIpc) is 2.87. The van der Waals surface area contributed by atoms with Crippen molar-refractivity contribution in [2.24, 2.45) is 0 Å². The third kappa shape index (κ3) is 3.94. The first-order chi connectivity index (χ1) is 10.1. The van der Waals surface area contributed by atoms with Crippen LogP contribution >= 0.6 is 11.3 Å². The van der Waals surface area contributed by atoms with Crippen molar-refractivity contribution in [1.29, 1.82) is 0 Å². The highest BCUT2D eigenvalue weighted by Gasteiger charge is 2.14. The molecule has 2 aromatic rings. The molecule has 0 aliphatic carbocycles. The fraction of sp³-hybridized carbons (Fsp3) is 0.235. The van der Waals surface area contributed by atoms with Gasteiger partial charge in [0.15, 0.2) is 0 Å². The number of hydrogen-bond donors (Lipinski definition) is 2. The molecule has 2 N–H and O–H groups in total. The van der Waals surface area contributed by atoms with E-state index in [0.717, 1.165) is 16.0 Å². The molecule has 21 heavy (non-hydrogen) atoms. The SMILES string of the molecule is Cc1cc(C(=O)NC(C)c2ccccc2)sc1C#CCO. The molecule has 4 heteroatoms. The van der Waals surface area contributed by atoms with Crippen molar-refractivity contribution in [1.82, 2.24) is 5.32 Å². The molecule has 2 rings (SSSR count). The Bertz CT molecular complexity index is 680. The number of thiophene rings is 1. The fourth-order valence-electron chi connectivity index (χ4n) is 1.93. The predicted molar refractivity (Wildman–Crippen MR) is 85.3 cm³/mol. The van der Waals surface area contributed by atoms with Crippen LogP contribution in [0.1, 0.15) is 38.6 Å². The summed E-state index contributed by atoms with van der Waals surface area (Å²) in [5.74, 6) is 5.37. The maximum absolute atomic E-state index is 12.3. The molecule has 0 bridgehead atoms. The van der Waals surface area contributed by atoms with Gasteiger partial charge >= 0.3 is 0 Å². The summed E-state index contributed by atoms with van der Waals surface area (Å²) in [6.45, 7) is 3.69. The van der Waals surface area contributed by atoms with Gasteiger partial charge in [0.2, 0.25) is 0 Å². The quantitative estimate of drug-likeness (QED) is 0.856. The van der Waals surface area contributed by atoms with Gasteiger partial charge in [-0.3, -0.25) is 4.79 Å². The summed E-state index contributed by atoms with van der Waals surface area (Å²) in [6, 6.07) is 11.6.